The van der Waals surface area contributed by atoms with Gasteiger partial charge in [-0.2, -0.15) is 0 Å². The van der Waals surface area contributed by atoms with Gasteiger partial charge >= 0.3 is 21.7 Å². The van der Waals surface area contributed by atoms with E-state index in [4.69, 9.17) is 0 Å². The van der Waals surface area contributed by atoms with Gasteiger partial charge in [0.2, 0.25) is 0 Å². The molecule has 2 atom stereocenters. The van der Waals surface area contributed by atoms with Gasteiger partial charge in [-0.1, -0.05) is 32.5 Å². The first-order valence-corrected chi connectivity index (χ1v) is 11.8. The van der Waals surface area contributed by atoms with Crippen LogP contribution in [0.15, 0.2) is 47.6 Å². The van der Waals surface area contributed by atoms with E-state index in [2.05, 4.69) is 68.9 Å². The van der Waals surface area contributed by atoms with Crippen LogP contribution in [0.3, 0.4) is 0 Å². The van der Waals surface area contributed by atoms with Gasteiger partial charge in [0.1, 0.15) is 0 Å². The molecular weight excluding hydrogens is 340 g/mol. The van der Waals surface area contributed by atoms with Crippen molar-refractivity contribution >= 4 is 8.80 Å². The van der Waals surface area contributed by atoms with Gasteiger partial charge in [0.25, 0.3) is 0 Å². The number of fused-ring (bicyclic) bond motifs is 2. The van der Waals surface area contributed by atoms with Crippen LogP contribution in [-0.2, 0) is 21.7 Å². The summed E-state index contributed by atoms with van der Waals surface area (Å²) in [5, 5.41) is 0. The van der Waals surface area contributed by atoms with Crippen LogP contribution < -0.4 is 0 Å². The maximum absolute atomic E-state index is 2.37. The van der Waals surface area contributed by atoms with Crippen LogP contribution in [0.1, 0.15) is 38.5 Å². The van der Waals surface area contributed by atoms with Crippen LogP contribution >= 0.6 is 0 Å². The summed E-state index contributed by atoms with van der Waals surface area (Å²) in [5.41, 5.74) is 3.16. The fraction of sp³-hybridized carbons (Fsp3) is 0.500. The minimum Gasteiger partial charge on any atom is -0.358 e. The molecule has 2 fully saturated rings. The Labute approximate surface area is 168 Å². The van der Waals surface area contributed by atoms with E-state index in [1.54, 1.807) is 11.1 Å². The van der Waals surface area contributed by atoms with Gasteiger partial charge in [0.05, 0.1) is 0 Å². The molecule has 130 valence electrons. The first kappa shape index (κ1) is 23.6. The molecular formula is C22H34SiTi. The van der Waals surface area contributed by atoms with Gasteiger partial charge in [-0.15, -0.1) is 37.1 Å². The maximum atomic E-state index is 2.37. The number of allylic oxidation sites excluding steroid dienone is 8. The molecule has 0 aromatic heterocycles. The molecule has 2 heteroatoms. The van der Waals surface area contributed by atoms with Crippen LogP contribution in [0.4, 0.5) is 0 Å². The van der Waals surface area contributed by atoms with Crippen molar-refractivity contribution in [3.05, 3.63) is 67.9 Å². The normalized spacial score (nSPS) is 24.8. The molecule has 0 spiro atoms. The van der Waals surface area contributed by atoms with E-state index in [9.17, 15) is 0 Å². The zero-order valence-electron chi connectivity index (χ0n) is 16.0. The SMILES string of the molecule is C1=CCC2CC[CH-]C2=C1.C1=CCC2CC[CH-]C2=C1.C[Si](C)C.[CH3-].[Ti+3]. The van der Waals surface area contributed by atoms with Crippen LogP contribution in [0.2, 0.25) is 19.6 Å². The predicted octanol–water partition coefficient (Wildman–Crippen LogP) is 6.79. The van der Waals surface area contributed by atoms with Crippen molar-refractivity contribution in [2.75, 3.05) is 0 Å². The topological polar surface area (TPSA) is 0 Å². The number of rotatable bonds is 0. The largest absolute Gasteiger partial charge is 3.00 e. The van der Waals surface area contributed by atoms with Gasteiger partial charge in [-0.3, -0.25) is 0 Å². The van der Waals surface area contributed by atoms with Crippen molar-refractivity contribution in [2.24, 2.45) is 11.8 Å². The third kappa shape index (κ3) is 8.14. The Morgan fingerprint density at radius 3 is 1.54 bits per heavy atom. The quantitative estimate of drug-likeness (QED) is 0.323. The standard InChI is InChI=1S/2C9H11.C3H9Si.CH3.Ti/c2*1-2-5-9-7-3-6-8(9)4-1;1-4(2)3;;/h2*1-2,4,6,9H,3,5,7H2;1-3H3;1H3;/q2*-1;;-1;+3. The molecule has 0 heterocycles. The van der Waals surface area contributed by atoms with E-state index in [0.29, 0.717) is 0 Å². The Bertz CT molecular complexity index is 414. The molecule has 0 N–H and O–H groups in total. The van der Waals surface area contributed by atoms with Gasteiger partial charge in [0, 0.05) is 8.80 Å². The van der Waals surface area contributed by atoms with Crippen molar-refractivity contribution < 1.29 is 21.7 Å². The molecule has 0 bridgehead atoms. The minimum atomic E-state index is 0. The van der Waals surface area contributed by atoms with Crippen LogP contribution in [-0.4, -0.2) is 8.80 Å². The van der Waals surface area contributed by atoms with E-state index >= 15 is 0 Å². The summed E-state index contributed by atoms with van der Waals surface area (Å²) in [5.74, 6) is 1.77. The molecule has 0 nitrogen and oxygen atoms in total. The number of hydrogen-bond acceptors (Lipinski definition) is 0. The Balaban J connectivity index is 0.000000341. The average Bonchev–Trinajstić information content (AvgIpc) is 3.16. The summed E-state index contributed by atoms with van der Waals surface area (Å²) in [7, 11) is 0.120. The summed E-state index contributed by atoms with van der Waals surface area (Å²) in [6, 6.07) is 0. The average molecular weight is 374 g/mol. The van der Waals surface area contributed by atoms with E-state index in [1.165, 1.54) is 38.5 Å². The molecule has 4 aliphatic rings. The summed E-state index contributed by atoms with van der Waals surface area (Å²) in [4.78, 5) is 0. The van der Waals surface area contributed by atoms with Crippen LogP contribution in [0.25, 0.3) is 0 Å². The molecule has 0 amide bonds. The monoisotopic (exact) mass is 374 g/mol. The Hall–Kier alpha value is -0.369. The zero-order valence-corrected chi connectivity index (χ0v) is 18.6. The Kier molecular flexibility index (Phi) is 12.7. The fourth-order valence-corrected chi connectivity index (χ4v) is 3.33. The van der Waals surface area contributed by atoms with Crippen molar-refractivity contribution in [1.29, 1.82) is 0 Å². The minimum absolute atomic E-state index is 0. The summed E-state index contributed by atoms with van der Waals surface area (Å²) in [6.07, 6.45) is 26.1. The zero-order chi connectivity index (χ0) is 15.8. The second kappa shape index (κ2) is 12.9. The fourth-order valence-electron chi connectivity index (χ4n) is 3.33. The third-order valence-electron chi connectivity index (χ3n) is 4.42. The third-order valence-corrected chi connectivity index (χ3v) is 4.42. The molecule has 0 aromatic carbocycles. The smallest absolute Gasteiger partial charge is 0.358 e. The molecule has 0 aromatic rings. The van der Waals surface area contributed by atoms with E-state index in [0.717, 1.165) is 11.8 Å². The summed E-state index contributed by atoms with van der Waals surface area (Å²) < 4.78 is 0. The summed E-state index contributed by atoms with van der Waals surface area (Å²) in [6.45, 7) is 6.81. The first-order valence-electron chi connectivity index (χ1n) is 8.83. The molecule has 24 heavy (non-hydrogen) atoms. The van der Waals surface area contributed by atoms with Crippen molar-refractivity contribution in [2.45, 2.75) is 58.2 Å². The molecule has 0 saturated heterocycles. The van der Waals surface area contributed by atoms with Crippen LogP contribution in [0.5, 0.6) is 0 Å². The van der Waals surface area contributed by atoms with E-state index in [1.807, 2.05) is 0 Å². The molecule has 4 rings (SSSR count). The Morgan fingerprint density at radius 2 is 1.21 bits per heavy atom. The van der Waals surface area contributed by atoms with Crippen molar-refractivity contribution in [1.82, 2.24) is 0 Å². The first-order chi connectivity index (χ1) is 10.7. The number of hydrogen-bond donors (Lipinski definition) is 0. The van der Waals surface area contributed by atoms with E-state index < -0.39 is 0 Å². The van der Waals surface area contributed by atoms with Gasteiger partial charge in [0.15, 0.2) is 0 Å². The van der Waals surface area contributed by atoms with Gasteiger partial charge < -0.3 is 7.43 Å². The molecule has 2 saturated carbocycles. The summed E-state index contributed by atoms with van der Waals surface area (Å²) >= 11 is 0. The second-order valence-corrected chi connectivity index (χ2v) is 10.1. The molecule has 2 radical (unpaired) electrons. The second-order valence-electron chi connectivity index (χ2n) is 7.12. The van der Waals surface area contributed by atoms with Gasteiger partial charge in [-0.05, 0) is 24.7 Å². The molecule has 4 aliphatic carbocycles. The molecule has 0 aliphatic heterocycles. The Morgan fingerprint density at radius 1 is 0.833 bits per heavy atom. The molecule has 2 unspecified atom stereocenters. The predicted molar refractivity (Wildman–Crippen MR) is 107 cm³/mol. The van der Waals surface area contributed by atoms with E-state index in [-0.39, 0.29) is 37.9 Å². The van der Waals surface area contributed by atoms with Crippen LogP contribution in [0, 0.1) is 32.1 Å². The van der Waals surface area contributed by atoms with Gasteiger partial charge in [-0.25, -0.2) is 36.1 Å². The maximum Gasteiger partial charge on any atom is 3.00 e. The van der Waals surface area contributed by atoms with Crippen molar-refractivity contribution in [3.63, 3.8) is 0 Å². The van der Waals surface area contributed by atoms with Crippen molar-refractivity contribution in [3.8, 4) is 0 Å².